The van der Waals surface area contributed by atoms with E-state index in [-0.39, 0.29) is 30.6 Å². The predicted molar refractivity (Wildman–Crippen MR) is 76.2 cm³/mol. The normalized spacial score (nSPS) is 6.63. The van der Waals surface area contributed by atoms with Gasteiger partial charge < -0.3 is 29.3 Å². The lowest BCUT2D eigenvalue weighted by Crippen LogP contribution is -1.85. The Kier molecular flexibility index (Phi) is 58.1. The number of hydrogen-bond donors (Lipinski definition) is 2. The number of hydrogen-bond acceptors (Lipinski definition) is 6. The summed E-state index contributed by atoms with van der Waals surface area (Å²) in [6, 6.07) is 0. The molecule has 0 bridgehead atoms. The number of carbonyl (C=O) groups is 3. The Labute approximate surface area is 116 Å². The van der Waals surface area contributed by atoms with Crippen LogP contribution >= 0.6 is 0 Å². The minimum atomic E-state index is -0.125. The Hall–Kier alpha value is -1.11. The Morgan fingerprint density at radius 1 is 0.684 bits per heavy atom. The van der Waals surface area contributed by atoms with E-state index in [4.69, 9.17) is 10.2 Å². The highest BCUT2D eigenvalue weighted by Crippen LogP contribution is 1.51. The van der Waals surface area contributed by atoms with Gasteiger partial charge >= 0.3 is 0 Å². The Morgan fingerprint density at radius 3 is 0.737 bits per heavy atom. The van der Waals surface area contributed by atoms with E-state index in [2.05, 4.69) is 4.74 Å². The average molecular weight is 282 g/mol. The maximum absolute atomic E-state index is 9.44. The smallest absolute Gasteiger partial charge is 0.126 e. The molecular formula is C13H30O6. The van der Waals surface area contributed by atoms with Gasteiger partial charge in [-0.15, -0.1) is 0 Å². The molecule has 0 heterocycles. The fourth-order valence-corrected chi connectivity index (χ4v) is 0. The molecule has 0 rings (SSSR count). The van der Waals surface area contributed by atoms with Crippen LogP contribution in [-0.2, 0) is 19.1 Å². The number of Topliss-reactive ketones (excluding diaryl/α,β-unsaturated/α-hetero) is 3. The average Bonchev–Trinajstić information content (AvgIpc) is 2.15. The first-order valence-electron chi connectivity index (χ1n) is 5.56. The molecule has 118 valence electrons. The van der Waals surface area contributed by atoms with Gasteiger partial charge in [0.25, 0.3) is 0 Å². The molecule has 0 fully saturated rings. The molecule has 0 unspecified atom stereocenters. The lowest BCUT2D eigenvalue weighted by Gasteiger charge is -1.70. The fourth-order valence-electron chi connectivity index (χ4n) is 0. The molecule has 0 spiro atoms. The lowest BCUT2D eigenvalue weighted by molar-refractivity contribution is -0.115. The van der Waals surface area contributed by atoms with Gasteiger partial charge in [-0.25, -0.2) is 0 Å². The standard InChI is InChI=1S/3C3H6O.C2H6O2.C2H6O/c3*1-3(2)4;3-1-2-4;1-3-2/h3*1-2H3;3-4H,1-2H2;1-2H3. The zero-order chi connectivity index (χ0) is 16.9. The number of rotatable bonds is 1. The first-order chi connectivity index (χ1) is 8.52. The van der Waals surface area contributed by atoms with Gasteiger partial charge in [-0.1, -0.05) is 0 Å². The molecule has 0 atom stereocenters. The second kappa shape index (κ2) is 36.0. The summed E-state index contributed by atoms with van der Waals surface area (Å²) in [5, 5.41) is 15.2. The van der Waals surface area contributed by atoms with Crippen molar-refractivity contribution in [3.8, 4) is 0 Å². The predicted octanol–water partition coefficient (Wildman–Crippen LogP) is 1.02. The molecule has 0 aromatic rings. The maximum Gasteiger partial charge on any atom is 0.126 e. The number of ketones is 3. The number of aliphatic hydroxyl groups excluding tert-OH is 2. The molecule has 6 heteroatoms. The Morgan fingerprint density at radius 2 is 0.737 bits per heavy atom. The van der Waals surface area contributed by atoms with Gasteiger partial charge in [0.1, 0.15) is 17.3 Å². The van der Waals surface area contributed by atoms with Crippen LogP contribution < -0.4 is 0 Å². The van der Waals surface area contributed by atoms with E-state index in [1.807, 2.05) is 0 Å². The number of aliphatic hydroxyl groups is 2. The summed E-state index contributed by atoms with van der Waals surface area (Å²) < 4.78 is 4.25. The zero-order valence-corrected chi connectivity index (χ0v) is 13.4. The summed E-state index contributed by atoms with van der Waals surface area (Å²) in [6.45, 7) is 8.92. The second-order valence-electron chi connectivity index (χ2n) is 3.58. The third-order valence-corrected chi connectivity index (χ3v) is 0.1000. The van der Waals surface area contributed by atoms with Crippen molar-refractivity contribution >= 4 is 17.3 Å². The maximum atomic E-state index is 9.44. The molecule has 19 heavy (non-hydrogen) atoms. The summed E-state index contributed by atoms with van der Waals surface area (Å²) in [5.74, 6) is 0.500. The molecule has 0 saturated heterocycles. The van der Waals surface area contributed by atoms with Crippen molar-refractivity contribution in [3.05, 3.63) is 0 Å². The van der Waals surface area contributed by atoms with Gasteiger partial charge in [0.2, 0.25) is 0 Å². The van der Waals surface area contributed by atoms with Crippen LogP contribution in [0, 0.1) is 0 Å². The van der Waals surface area contributed by atoms with Crippen LogP contribution in [0.3, 0.4) is 0 Å². The van der Waals surface area contributed by atoms with Gasteiger partial charge in [0.05, 0.1) is 13.2 Å². The van der Waals surface area contributed by atoms with Crippen LogP contribution in [0.1, 0.15) is 41.5 Å². The molecule has 0 saturated carbocycles. The fraction of sp³-hybridized carbons (Fsp3) is 0.769. The second-order valence-corrected chi connectivity index (χ2v) is 3.58. The quantitative estimate of drug-likeness (QED) is 0.744. The van der Waals surface area contributed by atoms with Crippen LogP contribution in [0.5, 0.6) is 0 Å². The summed E-state index contributed by atoms with van der Waals surface area (Å²) in [4.78, 5) is 28.3. The molecule has 0 radical (unpaired) electrons. The summed E-state index contributed by atoms with van der Waals surface area (Å²) >= 11 is 0. The number of ether oxygens (including phenoxy) is 1. The minimum absolute atomic E-state index is 0.125. The zero-order valence-electron chi connectivity index (χ0n) is 13.4. The van der Waals surface area contributed by atoms with Crippen LogP contribution in [-0.4, -0.2) is 55.0 Å². The van der Waals surface area contributed by atoms with Gasteiger partial charge in [0, 0.05) is 14.2 Å². The molecule has 6 nitrogen and oxygen atoms in total. The highest BCUT2D eigenvalue weighted by molar-refractivity contribution is 5.72. The monoisotopic (exact) mass is 282 g/mol. The topological polar surface area (TPSA) is 101 Å². The van der Waals surface area contributed by atoms with E-state index < -0.39 is 0 Å². The van der Waals surface area contributed by atoms with Crippen molar-refractivity contribution in [3.63, 3.8) is 0 Å². The lowest BCUT2D eigenvalue weighted by atomic mass is 10.6. The van der Waals surface area contributed by atoms with Crippen LogP contribution in [0.25, 0.3) is 0 Å². The third kappa shape index (κ3) is 309000. The van der Waals surface area contributed by atoms with Crippen molar-refractivity contribution < 1.29 is 29.3 Å². The van der Waals surface area contributed by atoms with Crippen LogP contribution in [0.15, 0.2) is 0 Å². The van der Waals surface area contributed by atoms with Crippen molar-refractivity contribution in [1.82, 2.24) is 0 Å². The number of carbonyl (C=O) groups excluding carboxylic acids is 3. The molecule has 0 aromatic carbocycles. The van der Waals surface area contributed by atoms with E-state index in [0.717, 1.165) is 0 Å². The summed E-state index contributed by atoms with van der Waals surface area (Å²) in [7, 11) is 3.25. The van der Waals surface area contributed by atoms with E-state index in [0.29, 0.717) is 0 Å². The van der Waals surface area contributed by atoms with Crippen molar-refractivity contribution in [2.24, 2.45) is 0 Å². The van der Waals surface area contributed by atoms with Gasteiger partial charge in [0.15, 0.2) is 0 Å². The third-order valence-electron chi connectivity index (χ3n) is 0.1000. The molecule has 0 amide bonds. The Bertz CT molecular complexity index is 147. The summed E-state index contributed by atoms with van der Waals surface area (Å²) in [5.41, 5.74) is 0. The first-order valence-corrected chi connectivity index (χ1v) is 5.56. The van der Waals surface area contributed by atoms with Crippen LogP contribution in [0.4, 0.5) is 0 Å². The molecule has 0 aliphatic rings. The van der Waals surface area contributed by atoms with Gasteiger partial charge in [-0.3, -0.25) is 0 Å². The van der Waals surface area contributed by atoms with Gasteiger partial charge in [-0.05, 0) is 41.5 Å². The van der Waals surface area contributed by atoms with Gasteiger partial charge in [-0.2, -0.15) is 0 Å². The molecule has 0 aliphatic heterocycles. The molecule has 0 aliphatic carbocycles. The first kappa shape index (κ1) is 30.7. The SMILES string of the molecule is CC(C)=O.CC(C)=O.CC(C)=O.COC.OCCO. The summed E-state index contributed by atoms with van der Waals surface area (Å²) in [6.07, 6.45) is 0. The minimum Gasteiger partial charge on any atom is -0.394 e. The van der Waals surface area contributed by atoms with Crippen molar-refractivity contribution in [1.29, 1.82) is 0 Å². The van der Waals surface area contributed by atoms with E-state index >= 15 is 0 Å². The van der Waals surface area contributed by atoms with E-state index in [1.54, 1.807) is 14.2 Å². The molecule has 0 aromatic heterocycles. The molecular weight excluding hydrogens is 252 g/mol. The highest BCUT2D eigenvalue weighted by atomic mass is 16.4. The Balaban J connectivity index is -0.0000000432. The van der Waals surface area contributed by atoms with E-state index in [9.17, 15) is 14.4 Å². The largest absolute Gasteiger partial charge is 0.394 e. The van der Waals surface area contributed by atoms with E-state index in [1.165, 1.54) is 41.5 Å². The van der Waals surface area contributed by atoms with Crippen molar-refractivity contribution in [2.75, 3.05) is 27.4 Å². The number of methoxy groups -OCH3 is 1. The van der Waals surface area contributed by atoms with Crippen molar-refractivity contribution in [2.45, 2.75) is 41.5 Å². The van der Waals surface area contributed by atoms with Crippen LogP contribution in [0.2, 0.25) is 0 Å². The molecule has 2 N–H and O–H groups in total. The highest BCUT2D eigenvalue weighted by Gasteiger charge is 1.63.